The van der Waals surface area contributed by atoms with Gasteiger partial charge >= 0.3 is 0 Å². The minimum absolute atomic E-state index is 0.724. The lowest BCUT2D eigenvalue weighted by molar-refractivity contribution is 0.459. The molecule has 3 heterocycles. The van der Waals surface area contributed by atoms with Gasteiger partial charge in [-0.15, -0.1) is 0 Å². The molecule has 3 aromatic heterocycles. The number of aromatic amines is 1. The molecule has 0 saturated carbocycles. The number of aromatic nitrogens is 4. The summed E-state index contributed by atoms with van der Waals surface area (Å²) < 4.78 is 5.52. The van der Waals surface area contributed by atoms with E-state index in [-0.39, 0.29) is 0 Å². The van der Waals surface area contributed by atoms with Crippen molar-refractivity contribution < 1.29 is 4.52 Å². The van der Waals surface area contributed by atoms with Crippen LogP contribution in [0.5, 0.6) is 0 Å². The summed E-state index contributed by atoms with van der Waals surface area (Å²) in [6.07, 6.45) is 1.73. The molecule has 0 amide bonds. The highest BCUT2D eigenvalue weighted by Crippen LogP contribution is 2.31. The van der Waals surface area contributed by atoms with Crippen LogP contribution in [0.2, 0.25) is 0 Å². The molecule has 0 saturated heterocycles. The van der Waals surface area contributed by atoms with E-state index in [1.165, 1.54) is 0 Å². The van der Waals surface area contributed by atoms with Crippen molar-refractivity contribution >= 4 is 33.5 Å². The average molecular weight is 327 g/mol. The minimum atomic E-state index is 0.724. The van der Waals surface area contributed by atoms with E-state index in [1.54, 1.807) is 6.20 Å². The number of rotatable bonds is 3. The number of anilines is 2. The van der Waals surface area contributed by atoms with Crippen molar-refractivity contribution in [2.45, 2.75) is 0 Å². The van der Waals surface area contributed by atoms with Gasteiger partial charge in [0.25, 0.3) is 0 Å². The highest BCUT2D eigenvalue weighted by atomic mass is 16.5. The summed E-state index contributed by atoms with van der Waals surface area (Å²) in [5, 5.41) is 16.6. The van der Waals surface area contributed by atoms with Crippen LogP contribution in [0.4, 0.5) is 11.5 Å². The topological polar surface area (TPSA) is 79.6 Å². The van der Waals surface area contributed by atoms with Gasteiger partial charge in [-0.25, -0.2) is 4.98 Å². The molecule has 2 N–H and O–H groups in total. The number of nitrogens with one attached hydrogen (secondary N) is 2. The van der Waals surface area contributed by atoms with Gasteiger partial charge in [0.1, 0.15) is 5.69 Å². The number of hydrogen-bond acceptors (Lipinski definition) is 5. The lowest BCUT2D eigenvalue weighted by atomic mass is 10.1. The average Bonchev–Trinajstić information content (AvgIpc) is 3.27. The Morgan fingerprint density at radius 1 is 0.920 bits per heavy atom. The van der Waals surface area contributed by atoms with Gasteiger partial charge in [0.2, 0.25) is 0 Å². The van der Waals surface area contributed by atoms with Crippen molar-refractivity contribution in [3.05, 3.63) is 66.9 Å². The van der Waals surface area contributed by atoms with Crippen LogP contribution in [0.25, 0.3) is 33.3 Å². The number of hydrogen-bond donors (Lipinski definition) is 2. The molecule has 0 aliphatic carbocycles. The quantitative estimate of drug-likeness (QED) is 0.509. The van der Waals surface area contributed by atoms with Gasteiger partial charge in [-0.3, -0.25) is 5.10 Å². The van der Waals surface area contributed by atoms with E-state index in [4.69, 9.17) is 4.52 Å². The summed E-state index contributed by atoms with van der Waals surface area (Å²) in [6, 6.07) is 19.8. The highest BCUT2D eigenvalue weighted by molar-refractivity contribution is 5.94. The molecule has 120 valence electrons. The maximum Gasteiger partial charge on any atom is 0.169 e. The summed E-state index contributed by atoms with van der Waals surface area (Å²) in [4.78, 5) is 4.24. The number of H-pyrrole nitrogens is 1. The summed E-state index contributed by atoms with van der Waals surface area (Å²) in [7, 11) is 0. The minimum Gasteiger partial charge on any atom is -0.356 e. The number of nitrogens with zero attached hydrogens (tertiary/aromatic N) is 3. The van der Waals surface area contributed by atoms with E-state index in [0.29, 0.717) is 0 Å². The Bertz CT molecular complexity index is 1180. The maximum absolute atomic E-state index is 5.52. The third-order valence-electron chi connectivity index (χ3n) is 4.12. The van der Waals surface area contributed by atoms with Crippen LogP contribution < -0.4 is 5.32 Å². The van der Waals surface area contributed by atoms with E-state index in [9.17, 15) is 0 Å². The van der Waals surface area contributed by atoms with E-state index in [2.05, 4.69) is 25.7 Å². The molecule has 2 aromatic carbocycles. The van der Waals surface area contributed by atoms with Crippen LogP contribution >= 0.6 is 0 Å². The molecule has 0 bridgehead atoms. The van der Waals surface area contributed by atoms with Crippen molar-refractivity contribution in [3.8, 4) is 11.3 Å². The van der Waals surface area contributed by atoms with Crippen molar-refractivity contribution in [3.63, 3.8) is 0 Å². The third-order valence-corrected chi connectivity index (χ3v) is 4.12. The van der Waals surface area contributed by atoms with Gasteiger partial charge < -0.3 is 9.84 Å². The molecule has 0 aliphatic rings. The SMILES string of the molecule is c1ccc(-c2noc3cc(Nc4n[nH]c5ncccc45)ccc23)cc1. The van der Waals surface area contributed by atoms with Crippen LogP contribution in [0.15, 0.2) is 71.4 Å². The molecular weight excluding hydrogens is 314 g/mol. The Kier molecular flexibility index (Phi) is 3.00. The Morgan fingerprint density at radius 3 is 2.76 bits per heavy atom. The van der Waals surface area contributed by atoms with Crippen LogP contribution in [-0.4, -0.2) is 20.3 Å². The summed E-state index contributed by atoms with van der Waals surface area (Å²) in [6.45, 7) is 0. The molecule has 0 aliphatic heterocycles. The maximum atomic E-state index is 5.52. The van der Waals surface area contributed by atoms with Crippen LogP contribution in [-0.2, 0) is 0 Å². The standard InChI is InChI=1S/C19H13N5O/c1-2-5-12(6-3-1)17-14-9-8-13(11-16(14)25-24-17)21-19-15-7-4-10-20-18(15)22-23-19/h1-11H,(H2,20,21,22,23). The third kappa shape index (κ3) is 2.31. The zero-order valence-electron chi connectivity index (χ0n) is 13.1. The molecule has 0 unspecified atom stereocenters. The predicted octanol–water partition coefficient (Wildman–Crippen LogP) is 4.51. The van der Waals surface area contributed by atoms with E-state index < -0.39 is 0 Å². The van der Waals surface area contributed by atoms with Crippen molar-refractivity contribution in [2.24, 2.45) is 0 Å². The molecule has 0 radical (unpaired) electrons. The van der Waals surface area contributed by atoms with Gasteiger partial charge in [-0.1, -0.05) is 35.5 Å². The molecular formula is C19H13N5O. The Morgan fingerprint density at radius 2 is 1.84 bits per heavy atom. The molecule has 6 heteroatoms. The van der Waals surface area contributed by atoms with Crippen LogP contribution in [0.1, 0.15) is 0 Å². The zero-order chi connectivity index (χ0) is 16.6. The van der Waals surface area contributed by atoms with Gasteiger partial charge in [0, 0.05) is 28.9 Å². The van der Waals surface area contributed by atoms with E-state index in [1.807, 2.05) is 60.7 Å². The normalized spacial score (nSPS) is 11.2. The lowest BCUT2D eigenvalue weighted by Gasteiger charge is -2.03. The molecule has 0 spiro atoms. The fourth-order valence-corrected chi connectivity index (χ4v) is 2.91. The van der Waals surface area contributed by atoms with Gasteiger partial charge in [-0.2, -0.15) is 5.10 Å². The molecule has 5 rings (SSSR count). The molecule has 0 atom stereocenters. The first-order valence-electron chi connectivity index (χ1n) is 7.89. The van der Waals surface area contributed by atoms with Crippen LogP contribution in [0, 0.1) is 0 Å². The van der Waals surface area contributed by atoms with E-state index >= 15 is 0 Å². The van der Waals surface area contributed by atoms with Gasteiger partial charge in [-0.05, 0) is 24.3 Å². The number of benzene rings is 2. The largest absolute Gasteiger partial charge is 0.356 e. The Hall–Kier alpha value is -3.67. The fourth-order valence-electron chi connectivity index (χ4n) is 2.91. The number of fused-ring (bicyclic) bond motifs is 2. The first-order chi connectivity index (χ1) is 12.4. The van der Waals surface area contributed by atoms with E-state index in [0.717, 1.165) is 44.8 Å². The number of pyridine rings is 1. The smallest absolute Gasteiger partial charge is 0.169 e. The lowest BCUT2D eigenvalue weighted by Crippen LogP contribution is -1.90. The summed E-state index contributed by atoms with van der Waals surface area (Å²) in [5.74, 6) is 0.727. The Balaban J connectivity index is 1.53. The Labute approximate surface area is 142 Å². The molecule has 6 nitrogen and oxygen atoms in total. The zero-order valence-corrected chi connectivity index (χ0v) is 13.1. The molecule has 0 fully saturated rings. The summed E-state index contributed by atoms with van der Waals surface area (Å²) in [5.41, 5.74) is 4.22. The first kappa shape index (κ1) is 13.7. The second-order valence-electron chi connectivity index (χ2n) is 5.70. The van der Waals surface area contributed by atoms with Crippen molar-refractivity contribution in [1.82, 2.24) is 20.3 Å². The second kappa shape index (κ2) is 5.45. The monoisotopic (exact) mass is 327 g/mol. The van der Waals surface area contributed by atoms with Gasteiger partial charge in [0.15, 0.2) is 17.0 Å². The molecule has 5 aromatic rings. The van der Waals surface area contributed by atoms with Crippen molar-refractivity contribution in [2.75, 3.05) is 5.32 Å². The fraction of sp³-hybridized carbons (Fsp3) is 0. The highest BCUT2D eigenvalue weighted by Gasteiger charge is 2.12. The second-order valence-corrected chi connectivity index (χ2v) is 5.70. The van der Waals surface area contributed by atoms with Crippen LogP contribution in [0.3, 0.4) is 0 Å². The summed E-state index contributed by atoms with van der Waals surface area (Å²) >= 11 is 0. The van der Waals surface area contributed by atoms with Gasteiger partial charge in [0.05, 0.1) is 5.39 Å². The first-order valence-corrected chi connectivity index (χ1v) is 7.89. The predicted molar refractivity (Wildman–Crippen MR) is 96.6 cm³/mol. The van der Waals surface area contributed by atoms with Crippen molar-refractivity contribution in [1.29, 1.82) is 0 Å². The molecule has 25 heavy (non-hydrogen) atoms.